The van der Waals surface area contributed by atoms with E-state index in [4.69, 9.17) is 9.15 Å². The van der Waals surface area contributed by atoms with Gasteiger partial charge >= 0.3 is 0 Å². The fourth-order valence-electron chi connectivity index (χ4n) is 2.88. The van der Waals surface area contributed by atoms with Crippen molar-refractivity contribution in [2.24, 2.45) is 0 Å². The van der Waals surface area contributed by atoms with Crippen LogP contribution in [0.15, 0.2) is 75.9 Å². The van der Waals surface area contributed by atoms with Gasteiger partial charge in [0.1, 0.15) is 29.3 Å². The molecule has 0 spiro atoms. The predicted octanol–water partition coefficient (Wildman–Crippen LogP) is 6.64. The first kappa shape index (κ1) is 24.5. The Morgan fingerprint density at radius 2 is 1.53 bits per heavy atom. The van der Waals surface area contributed by atoms with Crippen LogP contribution in [0.2, 0.25) is 0 Å². The molecule has 2 N–H and O–H groups in total. The van der Waals surface area contributed by atoms with Crippen molar-refractivity contribution in [2.45, 2.75) is 34.3 Å². The number of fused-ring (bicyclic) bond motifs is 1. The van der Waals surface area contributed by atoms with Gasteiger partial charge in [-0.15, -0.1) is 0 Å². The van der Waals surface area contributed by atoms with Crippen LogP contribution in [0, 0.1) is 5.82 Å². The van der Waals surface area contributed by atoms with Gasteiger partial charge in [0.15, 0.2) is 16.8 Å². The quantitative estimate of drug-likeness (QED) is 0.349. The number of phenols is 2. The van der Waals surface area contributed by atoms with Crippen molar-refractivity contribution in [1.82, 2.24) is 0 Å². The van der Waals surface area contributed by atoms with Crippen LogP contribution in [0.3, 0.4) is 0 Å². The minimum atomic E-state index is -0.539. The van der Waals surface area contributed by atoms with E-state index in [-0.39, 0.29) is 34.8 Å². The molecule has 0 fully saturated rings. The maximum absolute atomic E-state index is 13.1. The van der Waals surface area contributed by atoms with Crippen molar-refractivity contribution < 1.29 is 23.8 Å². The van der Waals surface area contributed by atoms with Crippen LogP contribution in [0.1, 0.15) is 33.3 Å². The molecule has 0 unspecified atom stereocenters. The second kappa shape index (κ2) is 11.6. The van der Waals surface area contributed by atoms with Crippen molar-refractivity contribution in [3.8, 4) is 28.6 Å². The van der Waals surface area contributed by atoms with Crippen LogP contribution in [0.25, 0.3) is 22.3 Å². The zero-order chi connectivity index (χ0) is 23.7. The molecule has 0 aliphatic rings. The first-order valence-corrected chi connectivity index (χ1v) is 10.5. The molecule has 4 rings (SSSR count). The monoisotopic (exact) mass is 438 g/mol. The van der Waals surface area contributed by atoms with Crippen LogP contribution < -0.4 is 10.2 Å². The van der Waals surface area contributed by atoms with Gasteiger partial charge in [0.25, 0.3) is 0 Å². The lowest BCUT2D eigenvalue weighted by Crippen LogP contribution is -2.02. The highest BCUT2D eigenvalue weighted by Crippen LogP contribution is 2.40. The van der Waals surface area contributed by atoms with Gasteiger partial charge in [-0.25, -0.2) is 4.39 Å². The molecule has 1 heterocycles. The lowest BCUT2D eigenvalue weighted by molar-refractivity contribution is 0.287. The molecule has 0 aliphatic carbocycles. The van der Waals surface area contributed by atoms with E-state index in [1.807, 2.05) is 58.0 Å². The van der Waals surface area contributed by atoms with E-state index in [9.17, 15) is 19.4 Å². The standard InChI is InChI=1S/C22H15FO5.2C2H6/c23-15-8-6-14(7-9-15)18-10-16(24)20-17(25)11-19(21(26)22(20)28-18)27-12-13-4-2-1-3-5-13;2*1-2/h1-11,25-26H,12H2;2*1-2H3. The zero-order valence-corrected chi connectivity index (χ0v) is 18.6. The third kappa shape index (κ3) is 5.46. The molecule has 0 radical (unpaired) electrons. The molecule has 0 saturated carbocycles. The molecule has 5 nitrogen and oxygen atoms in total. The molecule has 0 atom stereocenters. The van der Waals surface area contributed by atoms with Gasteiger partial charge in [0.2, 0.25) is 5.75 Å². The predicted molar refractivity (Wildman–Crippen MR) is 125 cm³/mol. The van der Waals surface area contributed by atoms with Gasteiger partial charge in [0.05, 0.1) is 0 Å². The van der Waals surface area contributed by atoms with Crippen LogP contribution >= 0.6 is 0 Å². The van der Waals surface area contributed by atoms with E-state index in [1.165, 1.54) is 36.4 Å². The molecule has 0 amide bonds. The van der Waals surface area contributed by atoms with E-state index in [0.717, 1.165) is 5.56 Å². The number of hydrogen-bond acceptors (Lipinski definition) is 5. The van der Waals surface area contributed by atoms with Crippen molar-refractivity contribution in [1.29, 1.82) is 0 Å². The third-order valence-electron chi connectivity index (χ3n) is 4.29. The average Bonchev–Trinajstić information content (AvgIpc) is 2.83. The van der Waals surface area contributed by atoms with E-state index in [2.05, 4.69) is 0 Å². The van der Waals surface area contributed by atoms with Gasteiger partial charge < -0.3 is 19.4 Å². The molecule has 0 saturated heterocycles. The molecule has 168 valence electrons. The van der Waals surface area contributed by atoms with Crippen LogP contribution in [-0.2, 0) is 6.61 Å². The molecule has 4 aromatic rings. The normalized spacial score (nSPS) is 9.91. The highest BCUT2D eigenvalue weighted by molar-refractivity contribution is 5.91. The van der Waals surface area contributed by atoms with Crippen molar-refractivity contribution in [3.05, 3.63) is 88.3 Å². The number of ether oxygens (including phenoxy) is 1. The Morgan fingerprint density at radius 1 is 0.906 bits per heavy atom. The smallest absolute Gasteiger partial charge is 0.202 e. The summed E-state index contributed by atoms with van der Waals surface area (Å²) in [6.45, 7) is 8.15. The molecular formula is C26H27FO5. The van der Waals surface area contributed by atoms with E-state index < -0.39 is 17.0 Å². The van der Waals surface area contributed by atoms with E-state index in [1.54, 1.807) is 0 Å². The van der Waals surface area contributed by atoms with Gasteiger partial charge in [-0.3, -0.25) is 4.79 Å². The van der Waals surface area contributed by atoms with Gasteiger partial charge in [-0.2, -0.15) is 0 Å². The number of rotatable bonds is 4. The lowest BCUT2D eigenvalue weighted by atomic mass is 10.1. The molecule has 32 heavy (non-hydrogen) atoms. The fourth-order valence-corrected chi connectivity index (χ4v) is 2.88. The van der Waals surface area contributed by atoms with E-state index in [0.29, 0.717) is 5.56 Å². The largest absolute Gasteiger partial charge is 0.507 e. The molecule has 1 aromatic heterocycles. The summed E-state index contributed by atoms with van der Waals surface area (Å²) in [4.78, 5) is 12.5. The van der Waals surface area contributed by atoms with Gasteiger partial charge in [0, 0.05) is 17.7 Å². The number of benzene rings is 3. The maximum atomic E-state index is 13.1. The molecule has 0 bridgehead atoms. The highest BCUT2D eigenvalue weighted by atomic mass is 19.1. The highest BCUT2D eigenvalue weighted by Gasteiger charge is 2.19. The Hall–Kier alpha value is -3.80. The summed E-state index contributed by atoms with van der Waals surface area (Å²) in [5.74, 6) is -1.08. The fraction of sp³-hybridized carbons (Fsp3) is 0.192. The summed E-state index contributed by atoms with van der Waals surface area (Å²) in [6, 6.07) is 17.0. The van der Waals surface area contributed by atoms with Crippen molar-refractivity contribution in [2.75, 3.05) is 0 Å². The van der Waals surface area contributed by atoms with Gasteiger partial charge in [-0.05, 0) is 29.8 Å². The summed E-state index contributed by atoms with van der Waals surface area (Å²) in [7, 11) is 0. The minimum Gasteiger partial charge on any atom is -0.507 e. The summed E-state index contributed by atoms with van der Waals surface area (Å²) in [6.07, 6.45) is 0. The summed E-state index contributed by atoms with van der Waals surface area (Å²) >= 11 is 0. The summed E-state index contributed by atoms with van der Waals surface area (Å²) in [5.41, 5.74) is 0.579. The SMILES string of the molecule is CC.CC.O=c1cc(-c2ccc(F)cc2)oc2c(O)c(OCc3ccccc3)cc(O)c12. The molecule has 0 aliphatic heterocycles. The van der Waals surface area contributed by atoms with Crippen molar-refractivity contribution >= 4 is 11.0 Å². The Morgan fingerprint density at radius 3 is 2.16 bits per heavy atom. The first-order chi connectivity index (χ1) is 15.5. The molecule has 6 heteroatoms. The van der Waals surface area contributed by atoms with Crippen LogP contribution in [0.4, 0.5) is 4.39 Å². The average molecular weight is 438 g/mol. The summed E-state index contributed by atoms with van der Waals surface area (Å²) in [5, 5.41) is 20.7. The Labute approximate surface area is 186 Å². The van der Waals surface area contributed by atoms with Gasteiger partial charge in [-0.1, -0.05) is 58.0 Å². The molecular weight excluding hydrogens is 411 g/mol. The number of phenolic OH excluding ortho intramolecular Hbond substituents is 2. The maximum Gasteiger partial charge on any atom is 0.202 e. The van der Waals surface area contributed by atoms with Crippen LogP contribution in [-0.4, -0.2) is 10.2 Å². The Balaban J connectivity index is 0.000000860. The number of halogens is 1. The summed E-state index contributed by atoms with van der Waals surface area (Å²) < 4.78 is 24.4. The molecule has 3 aromatic carbocycles. The van der Waals surface area contributed by atoms with E-state index >= 15 is 0 Å². The van der Waals surface area contributed by atoms with Crippen molar-refractivity contribution in [3.63, 3.8) is 0 Å². The second-order valence-corrected chi connectivity index (χ2v) is 6.20. The number of hydrogen-bond donors (Lipinski definition) is 2. The van der Waals surface area contributed by atoms with Crippen LogP contribution in [0.5, 0.6) is 17.2 Å². The first-order valence-electron chi connectivity index (χ1n) is 10.5. The topological polar surface area (TPSA) is 79.9 Å². The number of aromatic hydroxyl groups is 2. The lowest BCUT2D eigenvalue weighted by Gasteiger charge is -2.12. The second-order valence-electron chi connectivity index (χ2n) is 6.20. The third-order valence-corrected chi connectivity index (χ3v) is 4.29. The Bertz CT molecular complexity index is 1200. The zero-order valence-electron chi connectivity index (χ0n) is 18.6. The Kier molecular flexibility index (Phi) is 8.83. The minimum absolute atomic E-state index is 0.0201.